The van der Waals surface area contributed by atoms with Gasteiger partial charge in [0.15, 0.2) is 11.5 Å². The molecule has 9 heteroatoms. The van der Waals surface area contributed by atoms with Crippen LogP contribution in [0.2, 0.25) is 0 Å². The lowest BCUT2D eigenvalue weighted by molar-refractivity contribution is 0.0783. The maximum atomic E-state index is 13.0. The molecular formula is C19H19N7O2. The van der Waals surface area contributed by atoms with Gasteiger partial charge in [-0.15, -0.1) is 10.2 Å². The van der Waals surface area contributed by atoms with Crippen LogP contribution in [0.1, 0.15) is 29.0 Å². The van der Waals surface area contributed by atoms with Gasteiger partial charge in [0, 0.05) is 57.0 Å². The summed E-state index contributed by atoms with van der Waals surface area (Å²) in [7, 11) is 1.82. The predicted molar refractivity (Wildman–Crippen MR) is 99.5 cm³/mol. The molecule has 5 rings (SSSR count). The van der Waals surface area contributed by atoms with Crippen molar-refractivity contribution in [2.24, 2.45) is 7.05 Å². The van der Waals surface area contributed by atoms with Gasteiger partial charge in [0.1, 0.15) is 5.82 Å². The summed E-state index contributed by atoms with van der Waals surface area (Å²) in [4.78, 5) is 35.8. The van der Waals surface area contributed by atoms with Crippen LogP contribution in [-0.2, 0) is 19.0 Å². The maximum Gasteiger partial charge on any atom is 0.283 e. The van der Waals surface area contributed by atoms with Crippen LogP contribution in [0.4, 0.5) is 0 Å². The zero-order chi connectivity index (χ0) is 19.3. The highest BCUT2D eigenvalue weighted by Crippen LogP contribution is 2.41. The molecule has 0 radical (unpaired) electrons. The van der Waals surface area contributed by atoms with Gasteiger partial charge in [-0.1, -0.05) is 0 Å². The van der Waals surface area contributed by atoms with E-state index in [0.717, 1.165) is 12.8 Å². The number of rotatable bonds is 2. The van der Waals surface area contributed by atoms with Gasteiger partial charge in [-0.3, -0.25) is 19.1 Å². The third kappa shape index (κ3) is 2.39. The highest BCUT2D eigenvalue weighted by molar-refractivity contribution is 5.94. The molecule has 1 atom stereocenters. The number of pyridine rings is 1. The number of carbonyl (C=O) groups excluding carboxylic acids is 1. The molecule has 1 saturated heterocycles. The number of nitrogens with zero attached hydrogens (tertiary/aromatic N) is 7. The molecule has 3 aromatic rings. The van der Waals surface area contributed by atoms with Crippen LogP contribution in [0.5, 0.6) is 0 Å². The van der Waals surface area contributed by atoms with E-state index in [2.05, 4.69) is 20.2 Å². The molecule has 3 aromatic heterocycles. The van der Waals surface area contributed by atoms with Crippen molar-refractivity contribution in [3.05, 3.63) is 58.7 Å². The van der Waals surface area contributed by atoms with Crippen LogP contribution < -0.4 is 5.56 Å². The van der Waals surface area contributed by atoms with Crippen LogP contribution in [0, 0.1) is 0 Å². The lowest BCUT2D eigenvalue weighted by Gasteiger charge is -2.23. The first-order valence-electron chi connectivity index (χ1n) is 9.24. The zero-order valence-corrected chi connectivity index (χ0v) is 15.4. The molecule has 0 bridgehead atoms. The fourth-order valence-corrected chi connectivity index (χ4v) is 4.30. The number of amides is 1. The number of hydrogen-bond acceptors (Lipinski definition) is 6. The summed E-state index contributed by atoms with van der Waals surface area (Å²) >= 11 is 0. The number of fused-ring (bicyclic) bond motifs is 2. The lowest BCUT2D eigenvalue weighted by Crippen LogP contribution is -2.35. The Morgan fingerprint density at radius 3 is 2.64 bits per heavy atom. The Morgan fingerprint density at radius 2 is 1.89 bits per heavy atom. The molecule has 0 N–H and O–H groups in total. The maximum absolute atomic E-state index is 13.0. The number of aromatic nitrogens is 6. The summed E-state index contributed by atoms with van der Waals surface area (Å²) in [6, 6.07) is 3.44. The minimum atomic E-state index is -0.310. The Hall–Kier alpha value is -3.36. The number of imidazole rings is 1. The molecule has 1 amide bonds. The molecule has 0 aliphatic carbocycles. The summed E-state index contributed by atoms with van der Waals surface area (Å²) in [5.74, 6) is 1.17. The average molecular weight is 377 g/mol. The minimum absolute atomic E-state index is 0.0161. The van der Waals surface area contributed by atoms with Crippen molar-refractivity contribution in [1.29, 1.82) is 0 Å². The van der Waals surface area contributed by atoms with Gasteiger partial charge < -0.3 is 9.47 Å². The third-order valence-corrected chi connectivity index (χ3v) is 5.84. The van der Waals surface area contributed by atoms with Gasteiger partial charge in [-0.2, -0.15) is 0 Å². The quantitative estimate of drug-likeness (QED) is 0.649. The number of likely N-dealkylation sites (tertiary alicyclic amines) is 1. The molecule has 142 valence electrons. The van der Waals surface area contributed by atoms with E-state index in [1.54, 1.807) is 46.1 Å². The second-order valence-corrected chi connectivity index (χ2v) is 7.43. The van der Waals surface area contributed by atoms with E-state index in [0.29, 0.717) is 36.8 Å². The fraction of sp³-hybridized carbons (Fsp3) is 0.368. The minimum Gasteiger partial charge on any atom is -0.338 e. The van der Waals surface area contributed by atoms with E-state index in [4.69, 9.17) is 0 Å². The standard InChI is InChI=1S/C19H19N7O2/c1-24-11-8-21-15(24)14-17(28)26-10-5-19(18(26)23-22-14)4-9-25(12-19)16(27)13-2-6-20-7-3-13/h2-3,6-8,11H,4-5,9-10,12H2,1H3. The number of carbonyl (C=O) groups is 1. The van der Waals surface area contributed by atoms with Crippen LogP contribution in [-0.4, -0.2) is 53.2 Å². The largest absolute Gasteiger partial charge is 0.338 e. The zero-order valence-electron chi connectivity index (χ0n) is 15.4. The molecule has 1 spiro atoms. The second-order valence-electron chi connectivity index (χ2n) is 7.43. The monoisotopic (exact) mass is 377 g/mol. The Balaban J connectivity index is 1.47. The van der Waals surface area contributed by atoms with E-state index in [1.165, 1.54) is 0 Å². The Kier molecular flexibility index (Phi) is 3.65. The highest BCUT2D eigenvalue weighted by Gasteiger charge is 2.48. The fourth-order valence-electron chi connectivity index (χ4n) is 4.30. The summed E-state index contributed by atoms with van der Waals surface area (Å²) in [6.45, 7) is 1.76. The van der Waals surface area contributed by atoms with Crippen molar-refractivity contribution < 1.29 is 4.79 Å². The van der Waals surface area contributed by atoms with Crippen LogP contribution >= 0.6 is 0 Å². The summed E-state index contributed by atoms with van der Waals surface area (Å²) in [5, 5.41) is 8.65. The normalized spacial score (nSPS) is 20.7. The summed E-state index contributed by atoms with van der Waals surface area (Å²) < 4.78 is 3.46. The Morgan fingerprint density at radius 1 is 1.11 bits per heavy atom. The van der Waals surface area contributed by atoms with Gasteiger partial charge in [0.2, 0.25) is 0 Å². The van der Waals surface area contributed by atoms with Gasteiger partial charge in [0.05, 0.1) is 5.41 Å². The molecule has 1 fully saturated rings. The van der Waals surface area contributed by atoms with Crippen molar-refractivity contribution in [2.75, 3.05) is 13.1 Å². The van der Waals surface area contributed by atoms with Gasteiger partial charge in [-0.05, 0) is 25.0 Å². The van der Waals surface area contributed by atoms with Crippen LogP contribution in [0.3, 0.4) is 0 Å². The van der Waals surface area contributed by atoms with Gasteiger partial charge in [-0.25, -0.2) is 4.98 Å². The van der Waals surface area contributed by atoms with Crippen molar-refractivity contribution in [2.45, 2.75) is 24.8 Å². The number of aryl methyl sites for hydroxylation is 1. The van der Waals surface area contributed by atoms with Gasteiger partial charge >= 0.3 is 0 Å². The first kappa shape index (κ1) is 16.8. The molecule has 28 heavy (non-hydrogen) atoms. The SMILES string of the molecule is Cn1ccnc1-c1nnc2n(c1=O)CCC21CCN(C(=O)c2ccncc2)C1. The lowest BCUT2D eigenvalue weighted by atomic mass is 9.85. The summed E-state index contributed by atoms with van der Waals surface area (Å²) in [5.41, 5.74) is 0.402. The smallest absolute Gasteiger partial charge is 0.283 e. The molecule has 0 aromatic carbocycles. The molecule has 0 saturated carbocycles. The van der Waals surface area contributed by atoms with E-state index >= 15 is 0 Å². The summed E-state index contributed by atoms with van der Waals surface area (Å²) in [6.07, 6.45) is 8.20. The molecular weight excluding hydrogens is 358 g/mol. The Labute approximate surface area is 160 Å². The average Bonchev–Trinajstić information content (AvgIpc) is 3.43. The topological polar surface area (TPSA) is 98.8 Å². The van der Waals surface area contributed by atoms with E-state index in [9.17, 15) is 9.59 Å². The molecule has 2 aliphatic rings. The van der Waals surface area contributed by atoms with Crippen molar-refractivity contribution in [1.82, 2.24) is 34.2 Å². The third-order valence-electron chi connectivity index (χ3n) is 5.84. The first-order chi connectivity index (χ1) is 13.6. The Bertz CT molecular complexity index is 1120. The van der Waals surface area contributed by atoms with E-state index < -0.39 is 0 Å². The second kappa shape index (κ2) is 6.08. The first-order valence-corrected chi connectivity index (χ1v) is 9.24. The van der Waals surface area contributed by atoms with E-state index in [-0.39, 0.29) is 22.6 Å². The van der Waals surface area contributed by atoms with Crippen LogP contribution in [0.15, 0.2) is 41.7 Å². The van der Waals surface area contributed by atoms with Gasteiger partial charge in [0.25, 0.3) is 11.5 Å². The van der Waals surface area contributed by atoms with E-state index in [1.807, 2.05) is 11.9 Å². The molecule has 1 unspecified atom stereocenters. The van der Waals surface area contributed by atoms with Crippen molar-refractivity contribution in [3.63, 3.8) is 0 Å². The predicted octanol–water partition coefficient (Wildman–Crippen LogP) is 0.621. The highest BCUT2D eigenvalue weighted by atomic mass is 16.2. The molecule has 9 nitrogen and oxygen atoms in total. The molecule has 5 heterocycles. The molecule has 2 aliphatic heterocycles. The van der Waals surface area contributed by atoms with Crippen molar-refractivity contribution >= 4 is 5.91 Å². The van der Waals surface area contributed by atoms with Crippen molar-refractivity contribution in [3.8, 4) is 11.5 Å². The van der Waals surface area contributed by atoms with Crippen LogP contribution in [0.25, 0.3) is 11.5 Å². The number of hydrogen-bond donors (Lipinski definition) is 0.